The maximum atomic E-state index is 12.6. The highest BCUT2D eigenvalue weighted by Crippen LogP contribution is 2.38. The van der Waals surface area contributed by atoms with Crippen LogP contribution in [0.5, 0.6) is 0 Å². The van der Waals surface area contributed by atoms with Crippen molar-refractivity contribution >= 4 is 40.8 Å². The van der Waals surface area contributed by atoms with E-state index in [1.54, 1.807) is 11.0 Å². The van der Waals surface area contributed by atoms with E-state index >= 15 is 0 Å². The van der Waals surface area contributed by atoms with E-state index in [9.17, 15) is 22.8 Å². The molecule has 152 valence electrons. The van der Waals surface area contributed by atoms with Crippen molar-refractivity contribution in [3.05, 3.63) is 42.1 Å². The number of carbonyl (C=O) groups is 2. The van der Waals surface area contributed by atoms with Crippen LogP contribution in [0.4, 0.5) is 30.4 Å². The first-order valence-corrected chi connectivity index (χ1v) is 9.81. The van der Waals surface area contributed by atoms with E-state index in [2.05, 4.69) is 15.6 Å². The molecule has 0 unspecified atom stereocenters. The average molecular weight is 422 g/mol. The topological polar surface area (TPSA) is 74.3 Å². The van der Waals surface area contributed by atoms with Gasteiger partial charge in [0.1, 0.15) is 5.82 Å². The van der Waals surface area contributed by atoms with Crippen LogP contribution < -0.4 is 15.5 Å². The van der Waals surface area contributed by atoms with Gasteiger partial charge in [-0.2, -0.15) is 13.2 Å². The molecule has 0 radical (unpaired) electrons. The summed E-state index contributed by atoms with van der Waals surface area (Å²) in [6, 6.07) is 7.11. The van der Waals surface area contributed by atoms with Gasteiger partial charge in [-0.05, 0) is 54.8 Å². The van der Waals surface area contributed by atoms with Crippen LogP contribution in [0.2, 0.25) is 0 Å². The zero-order valence-electron chi connectivity index (χ0n) is 15.1. The molecule has 2 heterocycles. The van der Waals surface area contributed by atoms with Gasteiger partial charge in [0.15, 0.2) is 0 Å². The molecule has 1 aromatic heterocycles. The van der Waals surface area contributed by atoms with Gasteiger partial charge in [0.05, 0.1) is 17.8 Å². The Morgan fingerprint density at radius 2 is 2.10 bits per heavy atom. The second-order valence-corrected chi connectivity index (χ2v) is 8.06. The van der Waals surface area contributed by atoms with Crippen molar-refractivity contribution in [3.8, 4) is 0 Å². The predicted molar refractivity (Wildman–Crippen MR) is 104 cm³/mol. The van der Waals surface area contributed by atoms with Gasteiger partial charge < -0.3 is 15.5 Å². The van der Waals surface area contributed by atoms with Gasteiger partial charge in [-0.25, -0.2) is 4.98 Å². The Balaban J connectivity index is 1.53. The van der Waals surface area contributed by atoms with E-state index in [0.717, 1.165) is 12.8 Å². The fourth-order valence-corrected chi connectivity index (χ4v) is 3.64. The van der Waals surface area contributed by atoms with Gasteiger partial charge in [0.25, 0.3) is 5.91 Å². The van der Waals surface area contributed by atoms with Crippen molar-refractivity contribution in [2.45, 2.75) is 23.2 Å². The molecule has 0 bridgehead atoms. The molecular weight excluding hydrogens is 405 g/mol. The van der Waals surface area contributed by atoms with Gasteiger partial charge in [-0.3, -0.25) is 9.59 Å². The van der Waals surface area contributed by atoms with Crippen LogP contribution in [0.3, 0.4) is 0 Å². The van der Waals surface area contributed by atoms with Crippen molar-refractivity contribution < 1.29 is 22.8 Å². The molecule has 1 aliphatic carbocycles. The van der Waals surface area contributed by atoms with Gasteiger partial charge in [0, 0.05) is 23.3 Å². The molecule has 1 aromatic carbocycles. The Kier molecular flexibility index (Phi) is 5.12. The lowest BCUT2D eigenvalue weighted by molar-refractivity contribution is -0.117. The standard InChI is InChI=1S/C19H17F3N4O2S/c20-19(21,22)29-14-3-1-2-13(7-14)25-18(28)12-6-15-17(23-8-12)24-9-16(27)26(15)10-11-4-5-11/h1-3,6-8,11H,4-5,9-10H2,(H,23,24)(H,25,28). The first-order valence-electron chi connectivity index (χ1n) is 9.00. The SMILES string of the molecule is O=C(Nc1cccc(SC(F)(F)F)c1)c1cnc2c(c1)N(CC1CC1)C(=O)CN2. The Morgan fingerprint density at radius 1 is 1.31 bits per heavy atom. The third-order valence-corrected chi connectivity index (χ3v) is 5.31. The molecule has 2 aliphatic rings. The number of aromatic nitrogens is 1. The fourth-order valence-electron chi connectivity index (χ4n) is 3.04. The number of hydrogen-bond acceptors (Lipinski definition) is 5. The van der Waals surface area contributed by atoms with E-state index in [1.165, 1.54) is 30.5 Å². The number of hydrogen-bond donors (Lipinski definition) is 2. The van der Waals surface area contributed by atoms with Crippen molar-refractivity contribution in [1.82, 2.24) is 4.98 Å². The van der Waals surface area contributed by atoms with E-state index in [0.29, 0.717) is 24.0 Å². The average Bonchev–Trinajstić information content (AvgIpc) is 3.47. The zero-order chi connectivity index (χ0) is 20.6. The van der Waals surface area contributed by atoms with Crippen molar-refractivity contribution in [2.24, 2.45) is 5.92 Å². The number of nitrogens with zero attached hydrogens (tertiary/aromatic N) is 2. The van der Waals surface area contributed by atoms with Crippen LogP contribution >= 0.6 is 11.8 Å². The monoisotopic (exact) mass is 422 g/mol. The summed E-state index contributed by atoms with van der Waals surface area (Å²) < 4.78 is 37.7. The van der Waals surface area contributed by atoms with Crippen LogP contribution in [-0.2, 0) is 4.79 Å². The van der Waals surface area contributed by atoms with Crippen molar-refractivity contribution in [3.63, 3.8) is 0 Å². The summed E-state index contributed by atoms with van der Waals surface area (Å²) in [5.41, 5.74) is -3.40. The Hall–Kier alpha value is -2.75. The zero-order valence-corrected chi connectivity index (χ0v) is 15.9. The van der Waals surface area contributed by atoms with Crippen LogP contribution in [0.25, 0.3) is 0 Å². The molecule has 4 rings (SSSR count). The minimum absolute atomic E-state index is 0.0238. The summed E-state index contributed by atoms with van der Waals surface area (Å²) in [5, 5.41) is 5.52. The number of fused-ring (bicyclic) bond motifs is 1. The molecule has 0 atom stereocenters. The number of pyridine rings is 1. The number of nitrogens with one attached hydrogen (secondary N) is 2. The Bertz CT molecular complexity index is 963. The quantitative estimate of drug-likeness (QED) is 0.710. The first kappa shape index (κ1) is 19.6. The number of alkyl halides is 3. The maximum Gasteiger partial charge on any atom is 0.446 e. The predicted octanol–water partition coefficient (Wildman–Crippen LogP) is 4.11. The van der Waals surface area contributed by atoms with Crippen LogP contribution in [-0.4, -0.2) is 35.4 Å². The molecule has 2 N–H and O–H groups in total. The van der Waals surface area contributed by atoms with Crippen LogP contribution in [0.1, 0.15) is 23.2 Å². The molecule has 0 saturated heterocycles. The third-order valence-electron chi connectivity index (χ3n) is 4.59. The largest absolute Gasteiger partial charge is 0.446 e. The van der Waals surface area contributed by atoms with Gasteiger partial charge in [-0.1, -0.05) is 6.07 Å². The van der Waals surface area contributed by atoms with E-state index in [-0.39, 0.29) is 40.4 Å². The van der Waals surface area contributed by atoms with E-state index in [1.807, 2.05) is 0 Å². The number of carbonyl (C=O) groups excluding carboxylic acids is 2. The normalized spacial score (nSPS) is 16.2. The second-order valence-electron chi connectivity index (χ2n) is 6.92. The summed E-state index contributed by atoms with van der Waals surface area (Å²) in [7, 11) is 0. The highest BCUT2D eigenvalue weighted by atomic mass is 32.2. The lowest BCUT2D eigenvalue weighted by Crippen LogP contribution is -2.41. The molecular formula is C19H17F3N4O2S. The summed E-state index contributed by atoms with van der Waals surface area (Å²) in [4.78, 5) is 30.8. The second kappa shape index (κ2) is 7.58. The number of thioether (sulfide) groups is 1. The summed E-state index contributed by atoms with van der Waals surface area (Å²) >= 11 is -0.248. The lowest BCUT2D eigenvalue weighted by Gasteiger charge is -2.29. The number of benzene rings is 1. The van der Waals surface area contributed by atoms with Crippen molar-refractivity contribution in [2.75, 3.05) is 28.6 Å². The molecule has 6 nitrogen and oxygen atoms in total. The number of halogens is 3. The smallest absolute Gasteiger partial charge is 0.359 e. The molecule has 0 spiro atoms. The van der Waals surface area contributed by atoms with Gasteiger partial charge in [0.2, 0.25) is 5.91 Å². The lowest BCUT2D eigenvalue weighted by atomic mass is 10.1. The first-order chi connectivity index (χ1) is 13.8. The number of rotatable bonds is 5. The Labute approximate surface area is 168 Å². The third kappa shape index (κ3) is 4.81. The molecule has 1 saturated carbocycles. The van der Waals surface area contributed by atoms with Crippen molar-refractivity contribution in [1.29, 1.82) is 0 Å². The van der Waals surface area contributed by atoms with E-state index < -0.39 is 11.4 Å². The molecule has 1 fully saturated rings. The van der Waals surface area contributed by atoms with Crippen LogP contribution in [0, 0.1) is 5.92 Å². The molecule has 1 aliphatic heterocycles. The maximum absolute atomic E-state index is 12.6. The number of anilines is 3. The van der Waals surface area contributed by atoms with Crippen LogP contribution in [0.15, 0.2) is 41.4 Å². The molecule has 2 amide bonds. The van der Waals surface area contributed by atoms with Gasteiger partial charge in [-0.15, -0.1) is 0 Å². The Morgan fingerprint density at radius 3 is 2.83 bits per heavy atom. The minimum atomic E-state index is -4.41. The summed E-state index contributed by atoms with van der Waals surface area (Å²) in [6.07, 6.45) is 3.53. The summed E-state index contributed by atoms with van der Waals surface area (Å²) in [6.45, 7) is 0.749. The molecule has 29 heavy (non-hydrogen) atoms. The number of amides is 2. The fraction of sp³-hybridized carbons (Fsp3) is 0.316. The minimum Gasteiger partial charge on any atom is -0.359 e. The van der Waals surface area contributed by atoms with Gasteiger partial charge >= 0.3 is 5.51 Å². The highest BCUT2D eigenvalue weighted by Gasteiger charge is 2.32. The molecule has 2 aromatic rings. The van der Waals surface area contributed by atoms with E-state index in [4.69, 9.17) is 0 Å². The molecule has 10 heteroatoms. The summed E-state index contributed by atoms with van der Waals surface area (Å²) in [5.74, 6) is 0.404. The highest BCUT2D eigenvalue weighted by molar-refractivity contribution is 8.00.